The van der Waals surface area contributed by atoms with E-state index >= 15 is 0 Å². The number of amides is 1. The first kappa shape index (κ1) is 13.6. The fourth-order valence-corrected chi connectivity index (χ4v) is 3.27. The minimum Gasteiger partial charge on any atom is -0.343 e. The van der Waals surface area contributed by atoms with Gasteiger partial charge < -0.3 is 10.2 Å². The molecule has 1 atom stereocenters. The summed E-state index contributed by atoms with van der Waals surface area (Å²) in [5, 5.41) is 3.50. The van der Waals surface area contributed by atoms with Crippen LogP contribution in [-0.4, -0.2) is 35.4 Å². The maximum Gasteiger partial charge on any atom is 0.223 e. The number of aromatic nitrogens is 1. The number of pyridine rings is 1. The Bertz CT molecular complexity index is 469. The maximum atomic E-state index is 12.1. The first-order valence-electron chi connectivity index (χ1n) is 7.79. The van der Waals surface area contributed by atoms with Gasteiger partial charge in [-0.1, -0.05) is 6.07 Å². The molecule has 108 valence electrons. The van der Waals surface area contributed by atoms with Gasteiger partial charge in [-0.15, -0.1) is 0 Å². The van der Waals surface area contributed by atoms with Crippen molar-refractivity contribution in [3.8, 4) is 0 Å². The summed E-state index contributed by atoms with van der Waals surface area (Å²) in [7, 11) is 0. The van der Waals surface area contributed by atoms with Gasteiger partial charge in [-0.3, -0.25) is 9.78 Å². The average molecular weight is 273 g/mol. The summed E-state index contributed by atoms with van der Waals surface area (Å²) < 4.78 is 0. The van der Waals surface area contributed by atoms with Crippen LogP contribution in [0.4, 0.5) is 0 Å². The molecule has 0 aromatic carbocycles. The average Bonchev–Trinajstić information content (AvgIpc) is 2.92. The Morgan fingerprint density at radius 3 is 3.05 bits per heavy atom. The van der Waals surface area contributed by atoms with Crippen LogP contribution < -0.4 is 5.32 Å². The smallest absolute Gasteiger partial charge is 0.223 e. The molecule has 0 radical (unpaired) electrons. The molecule has 20 heavy (non-hydrogen) atoms. The topological polar surface area (TPSA) is 45.2 Å². The molecule has 1 aliphatic heterocycles. The molecular formula is C16H23N3O. The summed E-state index contributed by atoms with van der Waals surface area (Å²) in [5.41, 5.74) is 2.53. The molecule has 1 unspecified atom stereocenters. The lowest BCUT2D eigenvalue weighted by atomic mass is 10.1. The van der Waals surface area contributed by atoms with Crippen LogP contribution in [0.5, 0.6) is 0 Å². The van der Waals surface area contributed by atoms with Gasteiger partial charge in [-0.25, -0.2) is 0 Å². The van der Waals surface area contributed by atoms with Crippen molar-refractivity contribution in [2.45, 2.75) is 44.6 Å². The van der Waals surface area contributed by atoms with Gasteiger partial charge in [0.05, 0.1) is 11.7 Å². The second-order valence-corrected chi connectivity index (χ2v) is 5.78. The minimum atomic E-state index is 0.302. The second kappa shape index (κ2) is 6.35. The maximum absolute atomic E-state index is 12.1. The molecule has 4 heteroatoms. The van der Waals surface area contributed by atoms with Crippen molar-refractivity contribution < 1.29 is 4.79 Å². The number of carbonyl (C=O) groups is 1. The minimum absolute atomic E-state index is 0.302. The lowest BCUT2D eigenvalue weighted by molar-refractivity contribution is -0.132. The monoisotopic (exact) mass is 273 g/mol. The third kappa shape index (κ3) is 3.01. The first-order valence-corrected chi connectivity index (χ1v) is 7.79. The molecular weight excluding hydrogens is 250 g/mol. The highest BCUT2D eigenvalue weighted by Crippen LogP contribution is 2.28. The third-order valence-electron chi connectivity index (χ3n) is 4.40. The number of rotatable bonds is 4. The summed E-state index contributed by atoms with van der Waals surface area (Å²) in [6.45, 7) is 2.66. The molecule has 1 fully saturated rings. The summed E-state index contributed by atoms with van der Waals surface area (Å²) in [5.74, 6) is 0.302. The molecule has 1 amide bonds. The van der Waals surface area contributed by atoms with E-state index in [1.807, 2.05) is 17.2 Å². The van der Waals surface area contributed by atoms with Crippen molar-refractivity contribution in [1.29, 1.82) is 0 Å². The lowest BCUT2D eigenvalue weighted by Gasteiger charge is -2.27. The number of fused-ring (bicyclic) bond motifs is 1. The molecule has 0 saturated carbocycles. The van der Waals surface area contributed by atoms with Gasteiger partial charge in [0.1, 0.15) is 0 Å². The second-order valence-electron chi connectivity index (χ2n) is 5.78. The van der Waals surface area contributed by atoms with Crippen LogP contribution in [-0.2, 0) is 11.2 Å². The number of piperidine rings is 1. The Labute approximate surface area is 120 Å². The molecule has 1 aliphatic carbocycles. The molecule has 4 nitrogen and oxygen atoms in total. The van der Waals surface area contributed by atoms with Gasteiger partial charge in [0, 0.05) is 32.3 Å². The lowest BCUT2D eigenvalue weighted by Crippen LogP contribution is -2.37. The van der Waals surface area contributed by atoms with E-state index in [0.717, 1.165) is 32.5 Å². The van der Waals surface area contributed by atoms with Gasteiger partial charge in [-0.2, -0.15) is 0 Å². The summed E-state index contributed by atoms with van der Waals surface area (Å²) in [6, 6.07) is 4.49. The highest BCUT2D eigenvalue weighted by molar-refractivity contribution is 5.76. The summed E-state index contributed by atoms with van der Waals surface area (Å²) in [4.78, 5) is 18.6. The van der Waals surface area contributed by atoms with Crippen molar-refractivity contribution in [1.82, 2.24) is 15.2 Å². The Hall–Kier alpha value is -1.42. The third-order valence-corrected chi connectivity index (χ3v) is 4.40. The van der Waals surface area contributed by atoms with Crippen LogP contribution >= 0.6 is 0 Å². The van der Waals surface area contributed by atoms with Crippen LogP contribution in [0.15, 0.2) is 18.3 Å². The number of aryl methyl sites for hydroxylation is 1. The SMILES string of the molecule is O=C(CCNC1CCc2cccnc21)N1CCCCC1. The number of nitrogens with zero attached hydrogens (tertiary/aromatic N) is 2. The van der Waals surface area contributed by atoms with Crippen LogP contribution in [0.25, 0.3) is 0 Å². The number of likely N-dealkylation sites (tertiary alicyclic amines) is 1. The highest BCUT2D eigenvalue weighted by atomic mass is 16.2. The summed E-state index contributed by atoms with van der Waals surface area (Å²) in [6.07, 6.45) is 8.27. The van der Waals surface area contributed by atoms with E-state index in [0.29, 0.717) is 18.4 Å². The van der Waals surface area contributed by atoms with Gasteiger partial charge in [0.2, 0.25) is 5.91 Å². The Balaban J connectivity index is 1.45. The van der Waals surface area contributed by atoms with E-state index in [4.69, 9.17) is 0 Å². The van der Waals surface area contributed by atoms with Crippen molar-refractivity contribution in [3.05, 3.63) is 29.6 Å². The molecule has 1 saturated heterocycles. The van der Waals surface area contributed by atoms with Crippen molar-refractivity contribution in [2.24, 2.45) is 0 Å². The van der Waals surface area contributed by atoms with E-state index in [1.54, 1.807) is 0 Å². The van der Waals surface area contributed by atoms with E-state index in [-0.39, 0.29) is 0 Å². The van der Waals surface area contributed by atoms with Crippen LogP contribution in [0.1, 0.15) is 49.4 Å². The fraction of sp³-hybridized carbons (Fsp3) is 0.625. The number of nitrogens with one attached hydrogen (secondary N) is 1. The van der Waals surface area contributed by atoms with Crippen LogP contribution in [0.3, 0.4) is 0 Å². The Kier molecular flexibility index (Phi) is 4.31. The van der Waals surface area contributed by atoms with Crippen molar-refractivity contribution in [3.63, 3.8) is 0 Å². The van der Waals surface area contributed by atoms with Crippen molar-refractivity contribution in [2.75, 3.05) is 19.6 Å². The number of carbonyl (C=O) groups excluding carboxylic acids is 1. The molecule has 0 spiro atoms. The summed E-state index contributed by atoms with van der Waals surface area (Å²) >= 11 is 0. The van der Waals surface area contributed by atoms with Gasteiger partial charge in [0.15, 0.2) is 0 Å². The van der Waals surface area contributed by atoms with Gasteiger partial charge >= 0.3 is 0 Å². The Morgan fingerprint density at radius 2 is 2.20 bits per heavy atom. The van der Waals surface area contributed by atoms with Crippen LogP contribution in [0.2, 0.25) is 0 Å². The zero-order valence-electron chi connectivity index (χ0n) is 12.0. The molecule has 2 heterocycles. The molecule has 2 aliphatic rings. The highest BCUT2D eigenvalue weighted by Gasteiger charge is 2.23. The zero-order chi connectivity index (χ0) is 13.8. The van der Waals surface area contributed by atoms with Gasteiger partial charge in [0.25, 0.3) is 0 Å². The quantitative estimate of drug-likeness (QED) is 0.913. The zero-order valence-corrected chi connectivity index (χ0v) is 12.0. The molecule has 1 N–H and O–H groups in total. The van der Waals surface area contributed by atoms with E-state index in [9.17, 15) is 4.79 Å². The predicted octanol–water partition coefficient (Wildman–Crippen LogP) is 2.06. The Morgan fingerprint density at radius 1 is 1.35 bits per heavy atom. The first-order chi connectivity index (χ1) is 9.84. The van der Waals surface area contributed by atoms with E-state index < -0.39 is 0 Å². The molecule has 1 aromatic rings. The molecule has 3 rings (SSSR count). The van der Waals surface area contributed by atoms with E-state index in [1.165, 1.54) is 30.5 Å². The largest absolute Gasteiger partial charge is 0.343 e. The predicted molar refractivity (Wildman–Crippen MR) is 78.3 cm³/mol. The van der Waals surface area contributed by atoms with Crippen molar-refractivity contribution >= 4 is 5.91 Å². The van der Waals surface area contributed by atoms with Crippen LogP contribution in [0, 0.1) is 0 Å². The normalized spacial score (nSPS) is 21.8. The number of hydrogen-bond donors (Lipinski definition) is 1. The molecule has 1 aromatic heterocycles. The van der Waals surface area contributed by atoms with E-state index in [2.05, 4.69) is 16.4 Å². The fourth-order valence-electron chi connectivity index (χ4n) is 3.27. The number of hydrogen-bond acceptors (Lipinski definition) is 3. The van der Waals surface area contributed by atoms with Gasteiger partial charge in [-0.05, 0) is 43.7 Å². The standard InChI is InChI=1S/C16H23N3O/c20-15(19-11-2-1-3-12-19)8-10-17-14-7-6-13-5-4-9-18-16(13)14/h4-5,9,14,17H,1-3,6-8,10-12H2. The molecule has 0 bridgehead atoms.